The maximum Gasteiger partial charge on any atom is 0.499 e. The molecule has 4 aromatic rings. The van der Waals surface area contributed by atoms with Gasteiger partial charge in [-0.15, -0.1) is 0 Å². The van der Waals surface area contributed by atoms with E-state index in [0.29, 0.717) is 66.4 Å². The number of anilines is 2. The smallest absolute Gasteiger partial charge is 0.426 e. The number of ketones is 1. The Labute approximate surface area is 248 Å². The first-order valence-corrected chi connectivity index (χ1v) is 14.0. The summed E-state index contributed by atoms with van der Waals surface area (Å²) in [5, 5.41) is 0. The molecule has 5 rings (SSSR count). The molecule has 0 spiro atoms. The summed E-state index contributed by atoms with van der Waals surface area (Å²) in [5.41, 5.74) is 2.95. The fraction of sp³-hybridized carbons (Fsp3) is 0.355. The van der Waals surface area contributed by atoms with Crippen LogP contribution in [0.15, 0.2) is 60.8 Å². The van der Waals surface area contributed by atoms with Crippen LogP contribution in [-0.4, -0.2) is 53.1 Å². The molecule has 2 aromatic heterocycles. The van der Waals surface area contributed by atoms with Crippen LogP contribution < -0.4 is 14.5 Å². The van der Waals surface area contributed by atoms with Crippen molar-refractivity contribution in [3.05, 3.63) is 89.4 Å². The fourth-order valence-electron chi connectivity index (χ4n) is 5.42. The molecule has 3 heterocycles. The molecule has 0 aliphatic carbocycles. The Balaban J connectivity index is 1.20. The van der Waals surface area contributed by atoms with E-state index in [9.17, 15) is 31.1 Å². The van der Waals surface area contributed by atoms with E-state index in [1.807, 2.05) is 23.6 Å². The quantitative estimate of drug-likeness (QED) is 0.146. The van der Waals surface area contributed by atoms with Gasteiger partial charge in [0.1, 0.15) is 28.7 Å². The standard InChI is InChI=1S/C31H29F7N4O2/c1-3-25-29(42-13-12-21(32)17-28(42)39-25)27(43)11-5-20-4-10-26(24(33)16-20)40-14-15-41(19(2)18-40)22-6-8-23(9-7-22)44-31(37,38)30(34,35)36/h4,6-10,12-13,16-17,19H,3,5,11,14-15,18H2,1-2H3/t19-/m0/s1. The zero-order valence-corrected chi connectivity index (χ0v) is 23.8. The van der Waals surface area contributed by atoms with Crippen molar-refractivity contribution in [3.63, 3.8) is 0 Å². The number of alkyl halides is 5. The van der Waals surface area contributed by atoms with E-state index < -0.39 is 29.7 Å². The van der Waals surface area contributed by atoms with E-state index in [2.05, 4.69) is 9.72 Å². The van der Waals surface area contributed by atoms with Crippen molar-refractivity contribution in [1.82, 2.24) is 9.38 Å². The Bertz CT molecular complexity index is 1650. The van der Waals surface area contributed by atoms with E-state index in [1.54, 1.807) is 16.5 Å². The van der Waals surface area contributed by atoms with E-state index in [0.717, 1.165) is 12.1 Å². The average Bonchev–Trinajstić information content (AvgIpc) is 3.33. The molecule has 234 valence electrons. The molecule has 13 heteroatoms. The lowest BCUT2D eigenvalue weighted by Crippen LogP contribution is -2.52. The van der Waals surface area contributed by atoms with Crippen LogP contribution >= 0.6 is 0 Å². The number of hydrogen-bond acceptors (Lipinski definition) is 5. The Kier molecular flexibility index (Phi) is 8.50. The predicted molar refractivity (Wildman–Crippen MR) is 151 cm³/mol. The summed E-state index contributed by atoms with van der Waals surface area (Å²) in [6.07, 6.45) is -8.75. The van der Waals surface area contributed by atoms with E-state index in [4.69, 9.17) is 0 Å². The van der Waals surface area contributed by atoms with Gasteiger partial charge in [-0.2, -0.15) is 22.0 Å². The Morgan fingerprint density at radius 1 is 1.00 bits per heavy atom. The normalized spacial score (nSPS) is 16.1. The number of benzene rings is 2. The highest BCUT2D eigenvalue weighted by atomic mass is 19.4. The molecule has 0 amide bonds. The van der Waals surface area contributed by atoms with Crippen LogP contribution in [0, 0.1) is 11.6 Å². The van der Waals surface area contributed by atoms with Crippen LogP contribution in [-0.2, 0) is 12.8 Å². The third kappa shape index (κ3) is 6.31. The number of fused-ring (bicyclic) bond motifs is 1. The topological polar surface area (TPSA) is 50.1 Å². The number of piperazine rings is 1. The highest BCUT2D eigenvalue weighted by Crippen LogP contribution is 2.38. The molecule has 0 unspecified atom stereocenters. The van der Waals surface area contributed by atoms with Crippen LogP contribution in [0.3, 0.4) is 0 Å². The van der Waals surface area contributed by atoms with Crippen LogP contribution in [0.1, 0.15) is 42.0 Å². The van der Waals surface area contributed by atoms with E-state index >= 15 is 4.39 Å². The number of hydrogen-bond donors (Lipinski definition) is 0. The summed E-state index contributed by atoms with van der Waals surface area (Å²) < 4.78 is 98.0. The van der Waals surface area contributed by atoms with Gasteiger partial charge in [-0.1, -0.05) is 13.0 Å². The molecule has 0 bridgehead atoms. The van der Waals surface area contributed by atoms with Gasteiger partial charge in [0, 0.05) is 50.0 Å². The second-order valence-corrected chi connectivity index (χ2v) is 10.6. The first kappa shape index (κ1) is 31.1. The van der Waals surface area contributed by atoms with Gasteiger partial charge in [0.05, 0.1) is 11.4 Å². The molecular weight excluding hydrogens is 593 g/mol. The van der Waals surface area contributed by atoms with Crippen LogP contribution in [0.5, 0.6) is 5.75 Å². The number of imidazole rings is 1. The number of pyridine rings is 1. The number of carbonyl (C=O) groups is 1. The van der Waals surface area contributed by atoms with Crippen LogP contribution in [0.25, 0.3) is 5.65 Å². The molecule has 0 radical (unpaired) electrons. The Morgan fingerprint density at radius 3 is 2.36 bits per heavy atom. The van der Waals surface area contributed by atoms with Crippen molar-refractivity contribution in [1.29, 1.82) is 0 Å². The molecule has 1 fully saturated rings. The van der Waals surface area contributed by atoms with Crippen molar-refractivity contribution in [2.75, 3.05) is 29.4 Å². The maximum atomic E-state index is 15.3. The molecule has 1 aliphatic rings. The third-order valence-electron chi connectivity index (χ3n) is 7.62. The average molecular weight is 623 g/mol. The minimum Gasteiger partial charge on any atom is -0.426 e. The van der Waals surface area contributed by atoms with Gasteiger partial charge in [-0.25, -0.2) is 13.8 Å². The monoisotopic (exact) mass is 622 g/mol. The molecule has 1 saturated heterocycles. The molecule has 44 heavy (non-hydrogen) atoms. The molecule has 1 aliphatic heterocycles. The zero-order chi connectivity index (χ0) is 31.8. The lowest BCUT2D eigenvalue weighted by atomic mass is 10.0. The number of carbonyl (C=O) groups excluding carboxylic acids is 1. The number of Topliss-reactive ketones (excluding diaryl/α,β-unsaturated/α-hetero) is 1. The van der Waals surface area contributed by atoms with Crippen molar-refractivity contribution in [3.8, 4) is 5.75 Å². The predicted octanol–water partition coefficient (Wildman–Crippen LogP) is 7.24. The second-order valence-electron chi connectivity index (χ2n) is 10.6. The van der Waals surface area contributed by atoms with Crippen molar-refractivity contribution in [2.45, 2.75) is 51.4 Å². The van der Waals surface area contributed by atoms with Crippen molar-refractivity contribution < 1.29 is 40.3 Å². The SMILES string of the molecule is CCc1nc2cc(F)ccn2c1C(=O)CCc1ccc(N2CCN(c3ccc(OC(F)(F)C(F)(F)F)cc3)[C@@H](C)C2)c(F)c1. The van der Waals surface area contributed by atoms with Crippen LogP contribution in [0.4, 0.5) is 42.1 Å². The van der Waals surface area contributed by atoms with Gasteiger partial charge in [0.15, 0.2) is 5.78 Å². The van der Waals surface area contributed by atoms with Crippen molar-refractivity contribution >= 4 is 22.8 Å². The summed E-state index contributed by atoms with van der Waals surface area (Å²) in [5.74, 6) is -1.69. The molecule has 1 atom stereocenters. The summed E-state index contributed by atoms with van der Waals surface area (Å²) in [7, 11) is 0. The lowest BCUT2D eigenvalue weighted by molar-refractivity contribution is -0.360. The first-order chi connectivity index (χ1) is 20.8. The first-order valence-electron chi connectivity index (χ1n) is 14.0. The highest BCUT2D eigenvalue weighted by molar-refractivity contribution is 5.96. The number of rotatable bonds is 9. The molecule has 0 saturated carbocycles. The Morgan fingerprint density at radius 2 is 1.73 bits per heavy atom. The molecule has 6 nitrogen and oxygen atoms in total. The number of aryl methyl sites for hydroxylation is 2. The van der Waals surface area contributed by atoms with Gasteiger partial charge >= 0.3 is 12.3 Å². The summed E-state index contributed by atoms with van der Waals surface area (Å²) in [4.78, 5) is 21.3. The molecule has 0 N–H and O–H groups in total. The largest absolute Gasteiger partial charge is 0.499 e. The van der Waals surface area contributed by atoms with Crippen molar-refractivity contribution in [2.24, 2.45) is 0 Å². The zero-order valence-electron chi connectivity index (χ0n) is 23.8. The lowest BCUT2D eigenvalue weighted by Gasteiger charge is -2.42. The summed E-state index contributed by atoms with van der Waals surface area (Å²) >= 11 is 0. The van der Waals surface area contributed by atoms with E-state index in [1.165, 1.54) is 36.5 Å². The number of ether oxygens (including phenoxy) is 1. The number of aromatic nitrogens is 2. The molecular formula is C31H29F7N4O2. The minimum absolute atomic E-state index is 0.115. The van der Waals surface area contributed by atoms with Gasteiger partial charge in [0.2, 0.25) is 0 Å². The molecule has 2 aromatic carbocycles. The van der Waals surface area contributed by atoms with Gasteiger partial charge < -0.3 is 14.5 Å². The maximum absolute atomic E-state index is 15.3. The number of nitrogens with zero attached hydrogens (tertiary/aromatic N) is 4. The number of halogens is 7. The van der Waals surface area contributed by atoms with Gasteiger partial charge in [0.25, 0.3) is 0 Å². The highest BCUT2D eigenvalue weighted by Gasteiger charge is 2.61. The minimum atomic E-state index is -5.83. The van der Waals surface area contributed by atoms with Gasteiger partial charge in [-0.3, -0.25) is 9.20 Å². The second kappa shape index (κ2) is 12.0. The Hall–Kier alpha value is -4.29. The summed E-state index contributed by atoms with van der Waals surface area (Å²) in [6, 6.07) is 12.1. The fourth-order valence-corrected chi connectivity index (χ4v) is 5.42. The summed E-state index contributed by atoms with van der Waals surface area (Å²) in [6.45, 7) is 5.05. The third-order valence-corrected chi connectivity index (χ3v) is 7.62. The van der Waals surface area contributed by atoms with E-state index in [-0.39, 0.29) is 18.2 Å². The van der Waals surface area contributed by atoms with Crippen LogP contribution in [0.2, 0.25) is 0 Å². The van der Waals surface area contributed by atoms with Gasteiger partial charge in [-0.05, 0) is 67.8 Å².